The van der Waals surface area contributed by atoms with Gasteiger partial charge in [-0.25, -0.2) is 4.39 Å². The van der Waals surface area contributed by atoms with Gasteiger partial charge in [0.15, 0.2) is 11.5 Å². The standard InChI is InChI=1S/C20H12Cl2FNO5/c21-12-1-6-16(17(22)9-12)19(25)8-5-14-3-4-15(29-14)11-28-20-10-13(23)2-7-18(20)24(26)27/h1-10H,11H2/b8-5+. The van der Waals surface area contributed by atoms with Crippen LogP contribution in [0.25, 0.3) is 6.08 Å². The first kappa shape index (κ1) is 20.6. The highest BCUT2D eigenvalue weighted by molar-refractivity contribution is 6.37. The molecule has 0 N–H and O–H groups in total. The van der Waals surface area contributed by atoms with Crippen LogP contribution in [0, 0.1) is 15.9 Å². The molecule has 9 heteroatoms. The highest BCUT2D eigenvalue weighted by atomic mass is 35.5. The van der Waals surface area contributed by atoms with Crippen molar-refractivity contribution >= 4 is 40.7 Å². The molecular weight excluding hydrogens is 424 g/mol. The molecule has 0 atom stereocenters. The predicted octanol–water partition coefficient (Wildman–Crippen LogP) is 6.11. The third kappa shape index (κ3) is 5.22. The van der Waals surface area contributed by atoms with Crippen molar-refractivity contribution in [3.05, 3.63) is 97.7 Å². The average Bonchev–Trinajstić information content (AvgIpc) is 3.12. The minimum absolute atomic E-state index is 0.158. The maximum absolute atomic E-state index is 13.3. The minimum atomic E-state index is -0.668. The molecule has 2 aromatic carbocycles. The summed E-state index contributed by atoms with van der Waals surface area (Å²) in [6.07, 6.45) is 2.73. The van der Waals surface area contributed by atoms with Gasteiger partial charge in [-0.15, -0.1) is 0 Å². The lowest BCUT2D eigenvalue weighted by molar-refractivity contribution is -0.386. The van der Waals surface area contributed by atoms with E-state index in [1.54, 1.807) is 18.2 Å². The molecule has 1 aromatic heterocycles. The van der Waals surface area contributed by atoms with Crippen LogP contribution < -0.4 is 4.74 Å². The number of halogens is 3. The Kier molecular flexibility index (Phi) is 6.31. The van der Waals surface area contributed by atoms with Gasteiger partial charge in [-0.3, -0.25) is 14.9 Å². The molecule has 148 valence electrons. The SMILES string of the molecule is O=C(/C=C/c1ccc(COc2cc(F)ccc2[N+](=O)[O-])o1)c1ccc(Cl)cc1Cl. The first-order valence-corrected chi connectivity index (χ1v) is 8.92. The third-order valence-corrected chi connectivity index (χ3v) is 4.31. The second-order valence-electron chi connectivity index (χ2n) is 5.78. The van der Waals surface area contributed by atoms with Gasteiger partial charge in [0, 0.05) is 22.7 Å². The number of ether oxygens (including phenoxy) is 1. The average molecular weight is 436 g/mol. The molecule has 3 aromatic rings. The first-order valence-electron chi connectivity index (χ1n) is 8.16. The minimum Gasteiger partial charge on any atom is -0.479 e. The number of nitro benzene ring substituents is 1. The van der Waals surface area contributed by atoms with E-state index in [2.05, 4.69) is 0 Å². The van der Waals surface area contributed by atoms with Crippen LogP contribution in [0.1, 0.15) is 21.9 Å². The van der Waals surface area contributed by atoms with E-state index in [1.807, 2.05) is 0 Å². The van der Waals surface area contributed by atoms with E-state index in [0.29, 0.717) is 22.1 Å². The van der Waals surface area contributed by atoms with E-state index in [4.69, 9.17) is 32.4 Å². The highest BCUT2D eigenvalue weighted by Crippen LogP contribution is 2.28. The fourth-order valence-corrected chi connectivity index (χ4v) is 2.90. The van der Waals surface area contributed by atoms with Crippen molar-refractivity contribution in [1.82, 2.24) is 0 Å². The second-order valence-corrected chi connectivity index (χ2v) is 6.63. The molecule has 0 saturated heterocycles. The molecule has 29 heavy (non-hydrogen) atoms. The van der Waals surface area contributed by atoms with Crippen LogP contribution in [0.15, 0.2) is 59.0 Å². The number of hydrogen-bond donors (Lipinski definition) is 0. The zero-order chi connectivity index (χ0) is 21.0. The number of ketones is 1. The molecule has 0 saturated carbocycles. The van der Waals surface area contributed by atoms with Gasteiger partial charge in [-0.1, -0.05) is 23.2 Å². The lowest BCUT2D eigenvalue weighted by Crippen LogP contribution is -1.99. The maximum atomic E-state index is 13.3. The summed E-state index contributed by atoms with van der Waals surface area (Å²) in [5.41, 5.74) is -0.0654. The van der Waals surface area contributed by atoms with E-state index in [1.165, 1.54) is 24.3 Å². The molecule has 6 nitrogen and oxygen atoms in total. The Labute approximate surface area is 174 Å². The largest absolute Gasteiger partial charge is 0.479 e. The van der Waals surface area contributed by atoms with Gasteiger partial charge in [-0.05, 0) is 48.6 Å². The van der Waals surface area contributed by atoms with Crippen molar-refractivity contribution in [3.63, 3.8) is 0 Å². The third-order valence-electron chi connectivity index (χ3n) is 3.77. The lowest BCUT2D eigenvalue weighted by Gasteiger charge is -2.05. The van der Waals surface area contributed by atoms with E-state index < -0.39 is 10.7 Å². The molecule has 1 heterocycles. The fraction of sp³-hybridized carbons (Fsp3) is 0.0500. The van der Waals surface area contributed by atoms with Crippen molar-refractivity contribution in [1.29, 1.82) is 0 Å². The summed E-state index contributed by atoms with van der Waals surface area (Å²) in [5.74, 6) is -0.517. The number of benzene rings is 2. The molecular formula is C20H12Cl2FNO5. The van der Waals surface area contributed by atoms with Crippen molar-refractivity contribution in [2.24, 2.45) is 0 Å². The molecule has 3 rings (SSSR count). The highest BCUT2D eigenvalue weighted by Gasteiger charge is 2.16. The molecule has 0 aliphatic heterocycles. The van der Waals surface area contributed by atoms with E-state index >= 15 is 0 Å². The van der Waals surface area contributed by atoms with Crippen molar-refractivity contribution < 1.29 is 23.3 Å². The Balaban J connectivity index is 1.67. The molecule has 0 radical (unpaired) electrons. The Morgan fingerprint density at radius 1 is 1.17 bits per heavy atom. The quantitative estimate of drug-likeness (QED) is 0.193. The topological polar surface area (TPSA) is 82.6 Å². The Morgan fingerprint density at radius 2 is 1.97 bits per heavy atom. The monoisotopic (exact) mass is 435 g/mol. The number of nitrogens with zero attached hydrogens (tertiary/aromatic N) is 1. The molecule has 0 bridgehead atoms. The molecule has 0 fully saturated rings. The summed E-state index contributed by atoms with van der Waals surface area (Å²) in [6, 6.07) is 10.6. The van der Waals surface area contributed by atoms with Crippen LogP contribution in [-0.2, 0) is 6.61 Å². The summed E-state index contributed by atoms with van der Waals surface area (Å²) < 4.78 is 24.1. The number of carbonyl (C=O) groups is 1. The number of nitro groups is 1. The zero-order valence-electron chi connectivity index (χ0n) is 14.6. The molecule has 0 aliphatic carbocycles. The Bertz CT molecular complexity index is 1110. The van der Waals surface area contributed by atoms with Gasteiger partial charge in [0.1, 0.15) is 23.9 Å². The summed E-state index contributed by atoms with van der Waals surface area (Å²) in [5, 5.41) is 11.6. The van der Waals surface area contributed by atoms with Crippen LogP contribution in [0.5, 0.6) is 5.75 Å². The van der Waals surface area contributed by atoms with Crippen LogP contribution >= 0.6 is 23.2 Å². The smallest absolute Gasteiger partial charge is 0.311 e. The summed E-state index contributed by atoms with van der Waals surface area (Å²) in [6.45, 7) is -0.158. The van der Waals surface area contributed by atoms with Crippen LogP contribution in [0.2, 0.25) is 10.0 Å². The fourth-order valence-electron chi connectivity index (χ4n) is 2.40. The van der Waals surface area contributed by atoms with Gasteiger partial charge in [0.05, 0.1) is 9.95 Å². The van der Waals surface area contributed by atoms with Crippen LogP contribution in [0.4, 0.5) is 10.1 Å². The van der Waals surface area contributed by atoms with E-state index in [9.17, 15) is 19.3 Å². The second kappa shape index (κ2) is 8.89. The first-order chi connectivity index (χ1) is 13.8. The van der Waals surface area contributed by atoms with Crippen molar-refractivity contribution in [3.8, 4) is 5.75 Å². The maximum Gasteiger partial charge on any atom is 0.311 e. The van der Waals surface area contributed by atoms with Gasteiger partial charge in [0.2, 0.25) is 0 Å². The normalized spacial score (nSPS) is 11.0. The van der Waals surface area contributed by atoms with Crippen molar-refractivity contribution in [2.75, 3.05) is 0 Å². The molecule has 0 unspecified atom stereocenters. The summed E-state index contributed by atoms with van der Waals surface area (Å²) >= 11 is 11.8. The number of carbonyl (C=O) groups excluding carboxylic acids is 1. The van der Waals surface area contributed by atoms with E-state index in [0.717, 1.165) is 18.2 Å². The summed E-state index contributed by atoms with van der Waals surface area (Å²) in [7, 11) is 0. The predicted molar refractivity (Wildman–Crippen MR) is 106 cm³/mol. The van der Waals surface area contributed by atoms with Crippen LogP contribution in [0.3, 0.4) is 0 Å². The number of allylic oxidation sites excluding steroid dienone is 1. The summed E-state index contributed by atoms with van der Waals surface area (Å²) in [4.78, 5) is 22.5. The lowest BCUT2D eigenvalue weighted by atomic mass is 10.1. The molecule has 0 amide bonds. The number of hydrogen-bond acceptors (Lipinski definition) is 5. The van der Waals surface area contributed by atoms with Gasteiger partial charge in [0.25, 0.3) is 0 Å². The number of furan rings is 1. The number of rotatable bonds is 7. The van der Waals surface area contributed by atoms with Crippen molar-refractivity contribution in [2.45, 2.75) is 6.61 Å². The molecule has 0 aliphatic rings. The van der Waals surface area contributed by atoms with Gasteiger partial charge in [-0.2, -0.15) is 0 Å². The zero-order valence-corrected chi connectivity index (χ0v) is 16.1. The van der Waals surface area contributed by atoms with Crippen LogP contribution in [-0.4, -0.2) is 10.7 Å². The van der Waals surface area contributed by atoms with Gasteiger partial charge < -0.3 is 9.15 Å². The Hall–Kier alpha value is -3.16. The van der Waals surface area contributed by atoms with Gasteiger partial charge >= 0.3 is 5.69 Å². The van der Waals surface area contributed by atoms with E-state index in [-0.39, 0.29) is 28.8 Å². The Morgan fingerprint density at radius 3 is 2.69 bits per heavy atom. The molecule has 0 spiro atoms.